The van der Waals surface area contributed by atoms with Gasteiger partial charge in [0, 0.05) is 11.1 Å². The molecule has 280 valence electrons. The molecule has 0 aliphatic heterocycles. The maximum Gasteiger partial charge on any atom is 0.326 e. The van der Waals surface area contributed by atoms with Gasteiger partial charge in [-0.05, 0) is 55.0 Å². The van der Waals surface area contributed by atoms with Crippen LogP contribution in [0.3, 0.4) is 0 Å². The summed E-state index contributed by atoms with van der Waals surface area (Å²) in [5.41, 5.74) is 1.31. The minimum atomic E-state index is -1.59. The number of hydrogen-bond acceptors (Lipinski definition) is 9. The number of carboxylic acid groups (broad SMARTS) is 6. The average molecular weight is 756 g/mol. The average Bonchev–Trinajstić information content (AvgIpc) is 3.08. The third kappa shape index (κ3) is 13.9. The number of aryl methyl sites for hydroxylation is 1. The van der Waals surface area contributed by atoms with Crippen molar-refractivity contribution in [3.05, 3.63) is 89.5 Å². The van der Waals surface area contributed by atoms with Gasteiger partial charge in [0.2, 0.25) is 6.41 Å². The maximum absolute atomic E-state index is 12.6. The summed E-state index contributed by atoms with van der Waals surface area (Å²) in [6.07, 6.45) is -2.01. The third-order valence-corrected chi connectivity index (χ3v) is 9.42. The first-order valence-corrected chi connectivity index (χ1v) is 16.5. The van der Waals surface area contributed by atoms with Gasteiger partial charge in [0.1, 0.15) is 18.1 Å². The lowest BCUT2D eigenvalue weighted by molar-refractivity contribution is -0.146. The minimum absolute atomic E-state index is 0.135. The Labute approximate surface area is 301 Å². The fourth-order valence-corrected chi connectivity index (χ4v) is 6.61. The Bertz CT molecular complexity index is 1740. The van der Waals surface area contributed by atoms with Crippen molar-refractivity contribution < 1.29 is 73.8 Å². The summed E-state index contributed by atoms with van der Waals surface area (Å²) in [5.74, 6) is -9.79. The van der Waals surface area contributed by atoms with Crippen LogP contribution in [0.25, 0.3) is 0 Å². The second kappa shape index (κ2) is 20.2. The summed E-state index contributed by atoms with van der Waals surface area (Å²) in [4.78, 5) is 99.6. The molecule has 3 atom stereocenters. The van der Waals surface area contributed by atoms with Gasteiger partial charge in [0.05, 0.1) is 19.3 Å². The van der Waals surface area contributed by atoms with Crippen molar-refractivity contribution in [2.45, 2.75) is 44.3 Å². The van der Waals surface area contributed by atoms with E-state index < -0.39 is 92.9 Å². The smallest absolute Gasteiger partial charge is 0.326 e. The van der Waals surface area contributed by atoms with Gasteiger partial charge < -0.3 is 46.6 Å². The van der Waals surface area contributed by atoms with Crippen LogP contribution in [0, 0.1) is 6.92 Å². The lowest BCUT2D eigenvalue weighted by Crippen LogP contribution is -2.42. The quantitative estimate of drug-likeness (QED) is 0.0596. The standard InChI is InChI=1S/C29H27N2O10P.C5H7NO5/c1-16-2-8-19(9-3-16)42(20-10-4-17(5-11-20)26(36)30-22(28(38)39)14-24(32)33)21-12-6-18(7-13-21)27(37)31-23(29(40)41)15-25(34)35;7-2-6-3(5(10)11)1-4(8)9/h2-13,22-23H,14-15H2,1H3,(H,30,36)(H,31,37)(H,32,33)(H,34,35)(H,38,39)(H,40,41);2-3H,1H2,(H,6,7)(H,8,9)(H,10,11). The van der Waals surface area contributed by atoms with Crippen molar-refractivity contribution >= 4 is 77.9 Å². The van der Waals surface area contributed by atoms with Crippen LogP contribution >= 0.6 is 7.92 Å². The number of benzene rings is 3. The van der Waals surface area contributed by atoms with E-state index in [1.54, 1.807) is 24.3 Å². The van der Waals surface area contributed by atoms with E-state index in [-0.39, 0.29) is 17.5 Å². The van der Waals surface area contributed by atoms with E-state index in [1.165, 1.54) is 24.3 Å². The fraction of sp³-hybridized carbons (Fsp3) is 0.206. The van der Waals surface area contributed by atoms with E-state index in [9.17, 15) is 53.4 Å². The number of rotatable bonds is 18. The highest BCUT2D eigenvalue weighted by Gasteiger charge is 2.26. The molecular weight excluding hydrogens is 721 g/mol. The van der Waals surface area contributed by atoms with Crippen LogP contribution in [0.1, 0.15) is 45.5 Å². The van der Waals surface area contributed by atoms with Crippen LogP contribution < -0.4 is 31.9 Å². The zero-order valence-corrected chi connectivity index (χ0v) is 28.6. The second-order valence-electron chi connectivity index (χ2n) is 11.0. The van der Waals surface area contributed by atoms with Gasteiger partial charge in [-0.25, -0.2) is 14.4 Å². The van der Waals surface area contributed by atoms with Gasteiger partial charge in [-0.15, -0.1) is 0 Å². The van der Waals surface area contributed by atoms with Crippen molar-refractivity contribution in [2.24, 2.45) is 0 Å². The Morgan fingerprint density at radius 2 is 0.830 bits per heavy atom. The van der Waals surface area contributed by atoms with Crippen molar-refractivity contribution in [3.8, 4) is 0 Å². The molecule has 3 amide bonds. The van der Waals surface area contributed by atoms with Crippen LogP contribution in [0.15, 0.2) is 72.8 Å². The predicted molar refractivity (Wildman–Crippen MR) is 185 cm³/mol. The van der Waals surface area contributed by atoms with Crippen molar-refractivity contribution in [1.82, 2.24) is 16.0 Å². The largest absolute Gasteiger partial charge is 0.481 e. The fourth-order valence-electron chi connectivity index (χ4n) is 4.37. The van der Waals surface area contributed by atoms with Crippen LogP contribution in [0.5, 0.6) is 0 Å². The van der Waals surface area contributed by atoms with Gasteiger partial charge in [0.15, 0.2) is 0 Å². The third-order valence-electron chi connectivity index (χ3n) is 6.98. The summed E-state index contributed by atoms with van der Waals surface area (Å²) in [5, 5.41) is 61.5. The molecule has 3 unspecified atom stereocenters. The topological polar surface area (TPSA) is 311 Å². The summed E-state index contributed by atoms with van der Waals surface area (Å²) in [6, 6.07) is 16.1. The molecule has 0 fully saturated rings. The molecule has 0 radical (unpaired) electrons. The van der Waals surface area contributed by atoms with E-state index >= 15 is 0 Å². The molecule has 0 aliphatic carbocycles. The van der Waals surface area contributed by atoms with Crippen molar-refractivity contribution in [1.29, 1.82) is 0 Å². The van der Waals surface area contributed by atoms with Crippen LogP contribution in [-0.2, 0) is 33.6 Å². The Hall–Kier alpha value is -6.68. The first-order chi connectivity index (χ1) is 24.9. The molecule has 18 nitrogen and oxygen atoms in total. The summed E-state index contributed by atoms with van der Waals surface area (Å²) >= 11 is 0. The molecule has 3 aromatic carbocycles. The van der Waals surface area contributed by atoms with Gasteiger partial charge >= 0.3 is 35.8 Å². The summed E-state index contributed by atoms with van der Waals surface area (Å²) in [7, 11) is -1.21. The SMILES string of the molecule is Cc1ccc(P(c2ccc(C(=O)NC(CC(=O)O)C(=O)O)cc2)c2ccc(C(=O)NC(CC(=O)O)C(=O)O)cc2)cc1.O=CNC(CC(=O)O)C(=O)O. The van der Waals surface area contributed by atoms with Gasteiger partial charge in [0.25, 0.3) is 11.8 Å². The monoisotopic (exact) mass is 755 g/mol. The minimum Gasteiger partial charge on any atom is -0.481 e. The first-order valence-electron chi connectivity index (χ1n) is 15.2. The van der Waals surface area contributed by atoms with E-state index in [0.29, 0.717) is 0 Å². The Morgan fingerprint density at radius 1 is 0.528 bits per heavy atom. The molecule has 0 saturated heterocycles. The van der Waals surface area contributed by atoms with E-state index in [0.717, 1.165) is 21.5 Å². The number of carbonyl (C=O) groups is 9. The maximum atomic E-state index is 12.6. The second-order valence-corrected chi connectivity index (χ2v) is 13.2. The summed E-state index contributed by atoms with van der Waals surface area (Å²) in [6.45, 7) is 1.94. The highest BCUT2D eigenvalue weighted by Crippen LogP contribution is 2.33. The number of carbonyl (C=O) groups excluding carboxylic acids is 3. The van der Waals surface area contributed by atoms with E-state index in [1.807, 2.05) is 36.5 Å². The van der Waals surface area contributed by atoms with E-state index in [4.69, 9.17) is 20.4 Å². The normalized spacial score (nSPS) is 12.5. The molecule has 0 aromatic heterocycles. The van der Waals surface area contributed by atoms with Gasteiger partial charge in [-0.3, -0.25) is 28.8 Å². The molecular formula is C34H34N3O15P. The number of aliphatic carboxylic acids is 6. The number of hydrogen-bond donors (Lipinski definition) is 9. The Kier molecular flexibility index (Phi) is 16.2. The number of amides is 3. The number of carboxylic acids is 6. The van der Waals surface area contributed by atoms with Crippen LogP contribution in [-0.4, -0.2) is 103 Å². The zero-order valence-electron chi connectivity index (χ0n) is 27.7. The lowest BCUT2D eigenvalue weighted by Gasteiger charge is -2.20. The molecule has 19 heteroatoms. The first kappa shape index (κ1) is 42.5. The lowest BCUT2D eigenvalue weighted by atomic mass is 10.1. The highest BCUT2D eigenvalue weighted by atomic mass is 31.1. The predicted octanol–water partition coefficient (Wildman–Crippen LogP) is -0.271. The van der Waals surface area contributed by atoms with Gasteiger partial charge in [-0.2, -0.15) is 0 Å². The molecule has 3 aromatic rings. The van der Waals surface area contributed by atoms with Gasteiger partial charge in [-0.1, -0.05) is 54.1 Å². The molecule has 53 heavy (non-hydrogen) atoms. The zero-order chi connectivity index (χ0) is 39.8. The number of nitrogens with one attached hydrogen (secondary N) is 3. The van der Waals surface area contributed by atoms with Crippen molar-refractivity contribution in [3.63, 3.8) is 0 Å². The van der Waals surface area contributed by atoms with Crippen LogP contribution in [0.4, 0.5) is 0 Å². The molecule has 0 saturated carbocycles. The molecule has 9 N–H and O–H groups in total. The molecule has 0 aliphatic rings. The summed E-state index contributed by atoms with van der Waals surface area (Å²) < 4.78 is 0. The van der Waals surface area contributed by atoms with Crippen molar-refractivity contribution in [2.75, 3.05) is 0 Å². The highest BCUT2D eigenvalue weighted by molar-refractivity contribution is 7.79. The molecule has 3 rings (SSSR count). The Morgan fingerprint density at radius 3 is 1.11 bits per heavy atom. The molecule has 0 heterocycles. The molecule has 0 bridgehead atoms. The molecule has 0 spiro atoms. The van der Waals surface area contributed by atoms with Crippen LogP contribution in [0.2, 0.25) is 0 Å². The van der Waals surface area contributed by atoms with E-state index in [2.05, 4.69) is 10.6 Å². The Balaban J connectivity index is 0.000000763.